The van der Waals surface area contributed by atoms with Crippen LogP contribution in [0.2, 0.25) is 0 Å². The molecule has 0 aliphatic carbocycles. The molecular weight excluding hydrogens is 330 g/mol. The Kier molecular flexibility index (Phi) is 4.65. The Morgan fingerprint density at radius 1 is 1.12 bits per heavy atom. The van der Waals surface area contributed by atoms with Crippen molar-refractivity contribution in [1.29, 1.82) is 0 Å². The number of carbonyl (C=O) groups excluding carboxylic acids is 1. The summed E-state index contributed by atoms with van der Waals surface area (Å²) in [6.45, 7) is 1.65. The van der Waals surface area contributed by atoms with Crippen LogP contribution in [0.3, 0.4) is 0 Å². The smallest absolute Gasteiger partial charge is 0.253 e. The van der Waals surface area contributed by atoms with Gasteiger partial charge in [0.1, 0.15) is 5.03 Å². The minimum Gasteiger partial charge on any atom is -0.338 e. The lowest BCUT2D eigenvalue weighted by atomic mass is 10.1. The monoisotopic (exact) mass is 349 g/mol. The van der Waals surface area contributed by atoms with Crippen molar-refractivity contribution in [2.24, 2.45) is 5.92 Å². The van der Waals surface area contributed by atoms with E-state index in [1.165, 1.54) is 0 Å². The van der Waals surface area contributed by atoms with Crippen molar-refractivity contribution in [1.82, 2.24) is 15.1 Å². The van der Waals surface area contributed by atoms with E-state index in [1.807, 2.05) is 47.4 Å². The molecule has 0 radical (unpaired) electrons. The molecule has 0 saturated carbocycles. The summed E-state index contributed by atoms with van der Waals surface area (Å²) in [5, 5.41) is 11.7. The number of amides is 1. The number of nitrogens with zero attached hydrogens (tertiary/aromatic N) is 3. The van der Waals surface area contributed by atoms with Gasteiger partial charge in [0.05, 0.1) is 6.20 Å². The van der Waals surface area contributed by atoms with Crippen LogP contribution >= 0.6 is 11.8 Å². The van der Waals surface area contributed by atoms with Crippen LogP contribution in [0, 0.1) is 5.92 Å². The fraction of sp³-hybridized carbons (Fsp3) is 0.250. The first kappa shape index (κ1) is 16.1. The van der Waals surface area contributed by atoms with Crippen molar-refractivity contribution >= 4 is 28.4 Å². The SMILES string of the molecule is O=C(c1ccccc1)N1CC[C@H](CSc2nncc3ccccc23)C1. The second kappa shape index (κ2) is 7.23. The summed E-state index contributed by atoms with van der Waals surface area (Å²) < 4.78 is 0. The fourth-order valence-corrected chi connectivity index (χ4v) is 4.33. The molecule has 0 bridgehead atoms. The number of hydrogen-bond acceptors (Lipinski definition) is 4. The lowest BCUT2D eigenvalue weighted by Gasteiger charge is -2.16. The molecule has 0 unspecified atom stereocenters. The minimum absolute atomic E-state index is 0.137. The van der Waals surface area contributed by atoms with Crippen LogP contribution in [0.5, 0.6) is 0 Å². The van der Waals surface area contributed by atoms with Gasteiger partial charge in [-0.15, -0.1) is 16.9 Å². The number of fused-ring (bicyclic) bond motifs is 1. The molecule has 0 N–H and O–H groups in total. The number of likely N-dealkylation sites (tertiary alicyclic amines) is 1. The zero-order chi connectivity index (χ0) is 17.1. The Morgan fingerprint density at radius 3 is 2.80 bits per heavy atom. The molecule has 1 aliphatic rings. The third kappa shape index (κ3) is 3.51. The zero-order valence-electron chi connectivity index (χ0n) is 13.8. The van der Waals surface area contributed by atoms with E-state index in [0.29, 0.717) is 5.92 Å². The van der Waals surface area contributed by atoms with Crippen LogP contribution in [0.25, 0.3) is 10.8 Å². The molecule has 1 aliphatic heterocycles. The first-order chi connectivity index (χ1) is 12.3. The Bertz CT molecular complexity index is 879. The van der Waals surface area contributed by atoms with Crippen molar-refractivity contribution in [3.8, 4) is 0 Å². The second-order valence-corrected chi connectivity index (χ2v) is 7.33. The van der Waals surface area contributed by atoms with Crippen molar-refractivity contribution < 1.29 is 4.79 Å². The average molecular weight is 349 g/mol. The van der Waals surface area contributed by atoms with Gasteiger partial charge >= 0.3 is 0 Å². The quantitative estimate of drug-likeness (QED) is 0.671. The highest BCUT2D eigenvalue weighted by atomic mass is 32.2. The van der Waals surface area contributed by atoms with Gasteiger partial charge < -0.3 is 4.90 Å². The Hall–Kier alpha value is -2.40. The molecule has 0 spiro atoms. The maximum absolute atomic E-state index is 12.5. The molecule has 2 aromatic carbocycles. The number of aromatic nitrogens is 2. The zero-order valence-corrected chi connectivity index (χ0v) is 14.7. The topological polar surface area (TPSA) is 46.1 Å². The second-order valence-electron chi connectivity index (χ2n) is 6.32. The van der Waals surface area contributed by atoms with Crippen molar-refractivity contribution in [2.75, 3.05) is 18.8 Å². The molecule has 1 fully saturated rings. The van der Waals surface area contributed by atoms with E-state index in [4.69, 9.17) is 0 Å². The number of hydrogen-bond donors (Lipinski definition) is 0. The van der Waals surface area contributed by atoms with Gasteiger partial charge in [-0.2, -0.15) is 5.10 Å². The van der Waals surface area contributed by atoms with Gasteiger partial charge in [-0.25, -0.2) is 0 Å². The molecule has 1 amide bonds. The summed E-state index contributed by atoms with van der Waals surface area (Å²) in [6, 6.07) is 17.7. The van der Waals surface area contributed by atoms with Gasteiger partial charge in [-0.05, 0) is 24.5 Å². The van der Waals surface area contributed by atoms with Gasteiger partial charge in [-0.1, -0.05) is 42.5 Å². The van der Waals surface area contributed by atoms with Gasteiger partial charge in [0, 0.05) is 35.2 Å². The number of benzene rings is 2. The highest BCUT2D eigenvalue weighted by Crippen LogP contribution is 2.29. The lowest BCUT2D eigenvalue weighted by Crippen LogP contribution is -2.28. The summed E-state index contributed by atoms with van der Waals surface area (Å²) in [5.74, 6) is 1.60. The van der Waals surface area contributed by atoms with E-state index in [2.05, 4.69) is 22.3 Å². The van der Waals surface area contributed by atoms with Crippen molar-refractivity contribution in [2.45, 2.75) is 11.4 Å². The number of rotatable bonds is 4. The van der Waals surface area contributed by atoms with E-state index in [1.54, 1.807) is 18.0 Å². The summed E-state index contributed by atoms with van der Waals surface area (Å²) in [6.07, 6.45) is 2.85. The summed E-state index contributed by atoms with van der Waals surface area (Å²) in [4.78, 5) is 14.5. The van der Waals surface area contributed by atoms with Crippen LogP contribution in [-0.2, 0) is 0 Å². The van der Waals surface area contributed by atoms with Crippen LogP contribution in [-0.4, -0.2) is 39.8 Å². The highest BCUT2D eigenvalue weighted by Gasteiger charge is 2.27. The third-order valence-electron chi connectivity index (χ3n) is 4.59. The summed E-state index contributed by atoms with van der Waals surface area (Å²) in [7, 11) is 0. The van der Waals surface area contributed by atoms with E-state index in [9.17, 15) is 4.79 Å². The van der Waals surface area contributed by atoms with Gasteiger partial charge in [0.2, 0.25) is 0 Å². The number of thioether (sulfide) groups is 1. The summed E-state index contributed by atoms with van der Waals surface area (Å²) >= 11 is 1.75. The molecule has 1 aromatic heterocycles. The molecule has 4 nitrogen and oxygen atoms in total. The Balaban J connectivity index is 1.39. The predicted octanol–water partition coefficient (Wildman–Crippen LogP) is 3.88. The van der Waals surface area contributed by atoms with E-state index in [-0.39, 0.29) is 5.91 Å². The first-order valence-corrected chi connectivity index (χ1v) is 9.47. The first-order valence-electron chi connectivity index (χ1n) is 8.49. The Labute approximate surface area is 151 Å². The molecule has 2 heterocycles. The molecule has 5 heteroatoms. The molecular formula is C20H19N3OS. The normalized spacial score (nSPS) is 17.1. The molecule has 1 saturated heterocycles. The van der Waals surface area contributed by atoms with Crippen LogP contribution in [0.15, 0.2) is 65.8 Å². The minimum atomic E-state index is 0.137. The molecule has 126 valence electrons. The van der Waals surface area contributed by atoms with E-state index < -0.39 is 0 Å². The highest BCUT2D eigenvalue weighted by molar-refractivity contribution is 7.99. The Morgan fingerprint density at radius 2 is 1.92 bits per heavy atom. The van der Waals surface area contributed by atoms with E-state index >= 15 is 0 Å². The molecule has 25 heavy (non-hydrogen) atoms. The number of carbonyl (C=O) groups is 1. The standard InChI is InChI=1S/C20H19N3OS/c24-20(16-6-2-1-3-7-16)23-11-10-15(13-23)14-25-19-18-9-5-4-8-17(18)12-21-22-19/h1-9,12,15H,10-11,13-14H2/t15-/m0/s1. The average Bonchev–Trinajstić information content (AvgIpc) is 3.15. The maximum atomic E-state index is 12.5. The molecule has 4 rings (SSSR count). The van der Waals surface area contributed by atoms with Gasteiger partial charge in [0.15, 0.2) is 0 Å². The predicted molar refractivity (Wildman–Crippen MR) is 101 cm³/mol. The van der Waals surface area contributed by atoms with Gasteiger partial charge in [0.25, 0.3) is 5.91 Å². The van der Waals surface area contributed by atoms with Crippen LogP contribution < -0.4 is 0 Å². The summed E-state index contributed by atoms with van der Waals surface area (Å²) in [5.41, 5.74) is 0.774. The largest absolute Gasteiger partial charge is 0.338 e. The molecule has 3 aromatic rings. The fourth-order valence-electron chi connectivity index (χ4n) is 3.22. The van der Waals surface area contributed by atoms with Gasteiger partial charge in [-0.3, -0.25) is 4.79 Å². The van der Waals surface area contributed by atoms with Crippen LogP contribution in [0.4, 0.5) is 0 Å². The van der Waals surface area contributed by atoms with E-state index in [0.717, 1.165) is 46.6 Å². The molecule has 1 atom stereocenters. The third-order valence-corrected chi connectivity index (χ3v) is 5.80. The van der Waals surface area contributed by atoms with Crippen LogP contribution in [0.1, 0.15) is 16.8 Å². The lowest BCUT2D eigenvalue weighted by molar-refractivity contribution is 0.0788. The maximum Gasteiger partial charge on any atom is 0.253 e. The van der Waals surface area contributed by atoms with Crippen molar-refractivity contribution in [3.05, 3.63) is 66.4 Å². The van der Waals surface area contributed by atoms with Crippen molar-refractivity contribution in [3.63, 3.8) is 0 Å².